The Bertz CT molecular complexity index is 1240. The average molecular weight is 492 g/mol. The van der Waals surface area contributed by atoms with Gasteiger partial charge in [0.2, 0.25) is 5.91 Å². The van der Waals surface area contributed by atoms with Gasteiger partial charge < -0.3 is 31.5 Å². The number of carbonyl (C=O) groups excluding carboxylic acids is 2. The molecule has 2 amide bonds. The Kier molecular flexibility index (Phi) is 8.82. The van der Waals surface area contributed by atoms with Gasteiger partial charge in [0.1, 0.15) is 18.3 Å². The monoisotopic (exact) mass is 491 g/mol. The van der Waals surface area contributed by atoms with Crippen LogP contribution in [0.4, 0.5) is 0 Å². The van der Waals surface area contributed by atoms with Crippen LogP contribution in [0.5, 0.6) is 5.75 Å². The summed E-state index contributed by atoms with van der Waals surface area (Å²) in [7, 11) is 0. The largest absolute Gasteiger partial charge is 0.508 e. The molecule has 0 aliphatic rings. The number of phenolic OH excluding ortho intramolecular Hbond substituents is 1. The maximum absolute atomic E-state index is 13.8. The van der Waals surface area contributed by atoms with Crippen molar-refractivity contribution >= 4 is 34.5 Å². The first-order chi connectivity index (χ1) is 17.2. The highest BCUT2D eigenvalue weighted by Crippen LogP contribution is 2.22. The third kappa shape index (κ3) is 7.20. The van der Waals surface area contributed by atoms with E-state index in [2.05, 4.69) is 10.6 Å². The van der Waals surface area contributed by atoms with Gasteiger partial charge in [-0.25, -0.2) is 0 Å². The number of nitrogens with two attached hydrogens (primary N) is 1. The molecule has 0 aliphatic heterocycles. The van der Waals surface area contributed by atoms with E-state index in [4.69, 9.17) is 16.2 Å². The molecule has 0 bridgehead atoms. The summed E-state index contributed by atoms with van der Waals surface area (Å²) in [6.45, 7) is -0.231. The number of carboxylic acids is 1. The van der Waals surface area contributed by atoms with Gasteiger partial charge in [-0.2, -0.15) is 0 Å². The van der Waals surface area contributed by atoms with Gasteiger partial charge >= 0.3 is 5.97 Å². The minimum atomic E-state index is -1.20. The maximum Gasteiger partial charge on any atom is 0.322 e. The van der Waals surface area contributed by atoms with E-state index in [1.807, 2.05) is 30.3 Å². The van der Waals surface area contributed by atoms with E-state index < -0.39 is 30.4 Å². The van der Waals surface area contributed by atoms with Crippen LogP contribution in [0.15, 0.2) is 66.7 Å². The number of nitrogens with one attached hydrogen (secondary N) is 3. The number of hydrogen-bond acceptors (Lipinski definition) is 5. The van der Waals surface area contributed by atoms with Crippen molar-refractivity contribution in [2.24, 2.45) is 5.73 Å². The molecule has 0 heterocycles. The fourth-order valence-corrected chi connectivity index (χ4v) is 3.84. The van der Waals surface area contributed by atoms with Gasteiger partial charge in [0.25, 0.3) is 5.91 Å². The fraction of sp³-hybridized carbons (Fsp3) is 0.231. The van der Waals surface area contributed by atoms with Gasteiger partial charge in [0, 0.05) is 18.7 Å². The summed E-state index contributed by atoms with van der Waals surface area (Å²) < 4.78 is 0. The number of aliphatic carboxylic acids is 1. The van der Waals surface area contributed by atoms with Crippen LogP contribution in [-0.2, 0) is 16.1 Å². The zero-order valence-corrected chi connectivity index (χ0v) is 19.6. The van der Waals surface area contributed by atoms with Gasteiger partial charge in [0.15, 0.2) is 5.96 Å². The Morgan fingerprint density at radius 3 is 2.33 bits per heavy atom. The second kappa shape index (κ2) is 12.2. The summed E-state index contributed by atoms with van der Waals surface area (Å²) in [6.07, 6.45) is 0.588. The molecule has 0 unspecified atom stereocenters. The van der Waals surface area contributed by atoms with Gasteiger partial charge in [-0.15, -0.1) is 0 Å². The van der Waals surface area contributed by atoms with Crippen molar-refractivity contribution in [2.45, 2.75) is 25.4 Å². The Hall–Kier alpha value is -4.60. The SMILES string of the molecule is N=C(N)NCCC[C@H](C(=O)NCC(=O)O)N(Cc1ccc(O)cc1)C(=O)c1ccc2ccccc2c1. The lowest BCUT2D eigenvalue weighted by Crippen LogP contribution is -2.50. The number of hydrogen-bond donors (Lipinski definition) is 6. The van der Waals surface area contributed by atoms with Gasteiger partial charge in [-0.1, -0.05) is 42.5 Å². The quantitative estimate of drug-likeness (QED) is 0.135. The van der Waals surface area contributed by atoms with Crippen LogP contribution in [0.2, 0.25) is 0 Å². The van der Waals surface area contributed by atoms with Crippen molar-refractivity contribution in [1.82, 2.24) is 15.5 Å². The Morgan fingerprint density at radius 1 is 0.972 bits per heavy atom. The Morgan fingerprint density at radius 2 is 1.67 bits per heavy atom. The van der Waals surface area contributed by atoms with Crippen molar-refractivity contribution in [3.8, 4) is 5.75 Å². The molecule has 7 N–H and O–H groups in total. The lowest BCUT2D eigenvalue weighted by Gasteiger charge is -2.31. The summed E-state index contributed by atoms with van der Waals surface area (Å²) in [5, 5.41) is 32.9. The summed E-state index contributed by atoms with van der Waals surface area (Å²) in [4.78, 5) is 39.4. The molecule has 0 radical (unpaired) electrons. The summed E-state index contributed by atoms with van der Waals surface area (Å²) in [5.74, 6) is -2.35. The minimum absolute atomic E-state index is 0.0528. The number of carbonyl (C=O) groups is 3. The first-order valence-corrected chi connectivity index (χ1v) is 11.4. The third-order valence-electron chi connectivity index (χ3n) is 5.61. The van der Waals surface area contributed by atoms with Crippen molar-refractivity contribution < 1.29 is 24.6 Å². The summed E-state index contributed by atoms with van der Waals surface area (Å²) in [6, 6.07) is 18.2. The molecule has 0 saturated carbocycles. The normalized spacial score (nSPS) is 11.4. The molecule has 3 aromatic rings. The summed E-state index contributed by atoms with van der Waals surface area (Å²) >= 11 is 0. The molecule has 10 heteroatoms. The number of phenols is 1. The number of nitrogens with zero attached hydrogens (tertiary/aromatic N) is 1. The van der Waals surface area contributed by atoms with E-state index >= 15 is 0 Å². The Labute approximate surface area is 208 Å². The molecule has 3 rings (SSSR count). The fourth-order valence-electron chi connectivity index (χ4n) is 3.84. The van der Waals surface area contributed by atoms with E-state index in [1.165, 1.54) is 17.0 Å². The topological polar surface area (TPSA) is 169 Å². The second-order valence-electron chi connectivity index (χ2n) is 8.27. The number of benzene rings is 3. The van der Waals surface area contributed by atoms with Crippen molar-refractivity contribution in [1.29, 1.82) is 5.41 Å². The molecular formula is C26H29N5O5. The minimum Gasteiger partial charge on any atom is -0.508 e. The molecule has 0 spiro atoms. The van der Waals surface area contributed by atoms with Crippen LogP contribution >= 0.6 is 0 Å². The van der Waals surface area contributed by atoms with Gasteiger partial charge in [-0.05, 0) is 53.4 Å². The highest BCUT2D eigenvalue weighted by Gasteiger charge is 2.31. The van der Waals surface area contributed by atoms with E-state index in [0.717, 1.165) is 10.8 Å². The molecule has 0 aliphatic carbocycles. The first kappa shape index (κ1) is 26.0. The molecule has 1 atom stereocenters. The number of rotatable bonds is 11. The van der Waals surface area contributed by atoms with Gasteiger partial charge in [-0.3, -0.25) is 19.8 Å². The first-order valence-electron chi connectivity index (χ1n) is 11.4. The number of aromatic hydroxyl groups is 1. The molecule has 0 aromatic heterocycles. The summed E-state index contributed by atoms with van der Waals surface area (Å²) in [5.41, 5.74) is 6.40. The van der Waals surface area contributed by atoms with Crippen LogP contribution in [0, 0.1) is 5.41 Å². The van der Waals surface area contributed by atoms with Crippen molar-refractivity contribution in [2.75, 3.05) is 13.1 Å². The highest BCUT2D eigenvalue weighted by molar-refractivity contribution is 6.01. The number of carboxylic acid groups (broad SMARTS) is 1. The molecular weight excluding hydrogens is 462 g/mol. The molecule has 3 aromatic carbocycles. The lowest BCUT2D eigenvalue weighted by molar-refractivity contribution is -0.138. The van der Waals surface area contributed by atoms with Crippen LogP contribution in [-0.4, -0.2) is 58.0 Å². The molecule has 188 valence electrons. The number of amides is 2. The smallest absolute Gasteiger partial charge is 0.322 e. The van der Waals surface area contributed by atoms with Crippen LogP contribution in [0.3, 0.4) is 0 Å². The standard InChI is InChI=1S/C26H29N5O5/c27-26(28)29-13-3-6-22(24(35)30-15-23(33)34)31(16-17-7-11-21(32)12-8-17)25(36)20-10-9-18-4-1-2-5-19(18)14-20/h1-2,4-5,7-12,14,22,32H,3,6,13,15-16H2,(H,30,35)(H,33,34)(H4,27,28,29)/t22-/m1/s1. The second-order valence-corrected chi connectivity index (χ2v) is 8.27. The van der Waals surface area contributed by atoms with E-state index in [0.29, 0.717) is 24.1 Å². The molecule has 10 nitrogen and oxygen atoms in total. The number of fused-ring (bicyclic) bond motifs is 1. The van der Waals surface area contributed by atoms with Crippen LogP contribution in [0.1, 0.15) is 28.8 Å². The Balaban J connectivity index is 1.96. The molecule has 36 heavy (non-hydrogen) atoms. The van der Waals surface area contributed by atoms with Crippen molar-refractivity contribution in [3.63, 3.8) is 0 Å². The highest BCUT2D eigenvalue weighted by atomic mass is 16.4. The van der Waals surface area contributed by atoms with Crippen molar-refractivity contribution in [3.05, 3.63) is 77.9 Å². The maximum atomic E-state index is 13.8. The van der Waals surface area contributed by atoms with Gasteiger partial charge in [0.05, 0.1) is 0 Å². The van der Waals surface area contributed by atoms with Crippen LogP contribution in [0.25, 0.3) is 10.8 Å². The van der Waals surface area contributed by atoms with E-state index in [1.54, 1.807) is 24.3 Å². The molecule has 0 saturated heterocycles. The predicted octanol–water partition coefficient (Wildman–Crippen LogP) is 2.02. The zero-order chi connectivity index (χ0) is 26.1. The third-order valence-corrected chi connectivity index (χ3v) is 5.61. The molecule has 0 fully saturated rings. The van der Waals surface area contributed by atoms with E-state index in [-0.39, 0.29) is 24.7 Å². The zero-order valence-electron chi connectivity index (χ0n) is 19.6. The lowest BCUT2D eigenvalue weighted by atomic mass is 10.0. The average Bonchev–Trinajstić information content (AvgIpc) is 2.86. The number of guanidine groups is 1. The van der Waals surface area contributed by atoms with E-state index in [9.17, 15) is 19.5 Å². The predicted molar refractivity (Wildman–Crippen MR) is 136 cm³/mol. The van der Waals surface area contributed by atoms with Crippen LogP contribution < -0.4 is 16.4 Å².